The Morgan fingerprint density at radius 2 is 1.71 bits per heavy atom. The number of nitrogens with one attached hydrogen (secondary N) is 2. The van der Waals surface area contributed by atoms with Crippen LogP contribution >= 0.6 is 0 Å². The first-order valence-electron chi connectivity index (χ1n) is 8.57. The number of alkyl halides is 3. The van der Waals surface area contributed by atoms with Crippen LogP contribution < -0.4 is 15.4 Å². The summed E-state index contributed by atoms with van der Waals surface area (Å²) in [6.45, 7) is 0.538. The SMILES string of the molecule is CN=C(NCc1ccccc1OC(F)(F)F)NCc1nccc2ccccc12. The molecular formula is C20H19F3N4O. The third kappa shape index (κ3) is 5.12. The Hall–Kier alpha value is -3.29. The summed E-state index contributed by atoms with van der Waals surface area (Å²) in [5, 5.41) is 8.23. The highest BCUT2D eigenvalue weighted by Gasteiger charge is 2.31. The molecule has 0 aliphatic heterocycles. The molecule has 0 radical (unpaired) electrons. The normalized spacial score (nSPS) is 12.1. The lowest BCUT2D eigenvalue weighted by Gasteiger charge is -2.16. The van der Waals surface area contributed by atoms with E-state index in [0.717, 1.165) is 16.5 Å². The summed E-state index contributed by atoms with van der Waals surface area (Å²) >= 11 is 0. The van der Waals surface area contributed by atoms with Gasteiger partial charge in [-0.25, -0.2) is 0 Å². The summed E-state index contributed by atoms with van der Waals surface area (Å²) in [7, 11) is 1.59. The average molecular weight is 388 g/mol. The van der Waals surface area contributed by atoms with Gasteiger partial charge < -0.3 is 15.4 Å². The molecular weight excluding hydrogens is 369 g/mol. The Morgan fingerprint density at radius 1 is 1.00 bits per heavy atom. The molecule has 2 aromatic carbocycles. The number of fused-ring (bicyclic) bond motifs is 1. The van der Waals surface area contributed by atoms with E-state index in [1.165, 1.54) is 12.1 Å². The molecule has 3 aromatic rings. The van der Waals surface area contributed by atoms with E-state index in [-0.39, 0.29) is 12.3 Å². The van der Waals surface area contributed by atoms with Crippen LogP contribution in [0, 0.1) is 0 Å². The average Bonchev–Trinajstić information content (AvgIpc) is 2.68. The topological polar surface area (TPSA) is 58.5 Å². The Balaban J connectivity index is 1.65. The van der Waals surface area contributed by atoms with Crippen molar-refractivity contribution in [2.24, 2.45) is 4.99 Å². The van der Waals surface area contributed by atoms with E-state index in [9.17, 15) is 13.2 Å². The molecule has 0 amide bonds. The summed E-state index contributed by atoms with van der Waals surface area (Å²) in [5.41, 5.74) is 1.22. The molecule has 1 heterocycles. The second kappa shape index (κ2) is 8.60. The van der Waals surface area contributed by atoms with Gasteiger partial charge in [0.05, 0.1) is 12.2 Å². The summed E-state index contributed by atoms with van der Waals surface area (Å²) < 4.78 is 41.7. The maximum Gasteiger partial charge on any atom is 0.573 e. The van der Waals surface area contributed by atoms with Gasteiger partial charge in [-0.2, -0.15) is 0 Å². The highest BCUT2D eigenvalue weighted by molar-refractivity contribution is 5.85. The highest BCUT2D eigenvalue weighted by atomic mass is 19.4. The number of pyridine rings is 1. The van der Waals surface area contributed by atoms with Crippen LogP contribution in [0.4, 0.5) is 13.2 Å². The molecule has 28 heavy (non-hydrogen) atoms. The van der Waals surface area contributed by atoms with Crippen molar-refractivity contribution in [2.45, 2.75) is 19.5 Å². The van der Waals surface area contributed by atoms with Crippen molar-refractivity contribution in [3.8, 4) is 5.75 Å². The van der Waals surface area contributed by atoms with Crippen molar-refractivity contribution in [3.05, 3.63) is 72.1 Å². The van der Waals surface area contributed by atoms with Crippen LogP contribution in [-0.2, 0) is 13.1 Å². The van der Waals surface area contributed by atoms with Gasteiger partial charge in [0.25, 0.3) is 0 Å². The van der Waals surface area contributed by atoms with E-state index in [2.05, 4.69) is 25.3 Å². The number of guanidine groups is 1. The van der Waals surface area contributed by atoms with Crippen LogP contribution in [0.15, 0.2) is 65.8 Å². The van der Waals surface area contributed by atoms with Gasteiger partial charge in [0.15, 0.2) is 5.96 Å². The highest BCUT2D eigenvalue weighted by Crippen LogP contribution is 2.26. The number of aliphatic imine (C=N–C) groups is 1. The maximum absolute atomic E-state index is 12.5. The summed E-state index contributed by atoms with van der Waals surface area (Å²) in [4.78, 5) is 8.50. The molecule has 146 valence electrons. The van der Waals surface area contributed by atoms with Crippen LogP contribution in [0.5, 0.6) is 5.75 Å². The maximum atomic E-state index is 12.5. The van der Waals surface area contributed by atoms with Crippen LogP contribution in [0.25, 0.3) is 10.8 Å². The molecule has 0 aliphatic carbocycles. The van der Waals surface area contributed by atoms with Crippen LogP contribution in [0.2, 0.25) is 0 Å². The first kappa shape index (κ1) is 19.5. The van der Waals surface area contributed by atoms with Gasteiger partial charge in [0, 0.05) is 30.7 Å². The van der Waals surface area contributed by atoms with Crippen LogP contribution in [-0.4, -0.2) is 24.4 Å². The first-order valence-corrected chi connectivity index (χ1v) is 8.57. The smallest absolute Gasteiger partial charge is 0.405 e. The standard InChI is InChI=1S/C20H19F3N4O/c1-24-19(26-12-15-7-3-5-9-18(15)28-20(21,22)23)27-13-17-16-8-4-2-6-14(16)10-11-25-17/h2-11H,12-13H2,1H3,(H2,24,26,27). The van der Waals surface area contributed by atoms with Gasteiger partial charge in [-0.15, -0.1) is 13.2 Å². The van der Waals surface area contributed by atoms with Gasteiger partial charge in [0.1, 0.15) is 5.75 Å². The van der Waals surface area contributed by atoms with Gasteiger partial charge >= 0.3 is 6.36 Å². The monoisotopic (exact) mass is 388 g/mol. The number of hydrogen-bond donors (Lipinski definition) is 2. The molecule has 8 heteroatoms. The molecule has 0 spiro atoms. The quantitative estimate of drug-likeness (QED) is 0.512. The van der Waals surface area contributed by atoms with E-state index in [4.69, 9.17) is 0 Å². The second-order valence-corrected chi connectivity index (χ2v) is 5.91. The van der Waals surface area contributed by atoms with Crippen molar-refractivity contribution in [3.63, 3.8) is 0 Å². The van der Waals surface area contributed by atoms with Crippen LogP contribution in [0.3, 0.4) is 0 Å². The minimum Gasteiger partial charge on any atom is -0.405 e. The molecule has 1 aromatic heterocycles. The van der Waals surface area contributed by atoms with E-state index in [0.29, 0.717) is 18.1 Å². The number of rotatable bonds is 5. The summed E-state index contributed by atoms with van der Waals surface area (Å²) in [6, 6.07) is 15.8. The fraction of sp³-hybridized carbons (Fsp3) is 0.200. The van der Waals surface area contributed by atoms with Crippen molar-refractivity contribution in [2.75, 3.05) is 7.05 Å². The van der Waals surface area contributed by atoms with Gasteiger partial charge in [-0.05, 0) is 17.5 Å². The number of benzene rings is 2. The van der Waals surface area contributed by atoms with Gasteiger partial charge in [0.2, 0.25) is 0 Å². The number of aromatic nitrogens is 1. The van der Waals surface area contributed by atoms with Crippen molar-refractivity contribution in [1.29, 1.82) is 0 Å². The number of halogens is 3. The Morgan fingerprint density at radius 3 is 2.50 bits per heavy atom. The van der Waals surface area contributed by atoms with E-state index in [1.54, 1.807) is 25.4 Å². The second-order valence-electron chi connectivity index (χ2n) is 5.91. The first-order chi connectivity index (χ1) is 13.5. The fourth-order valence-electron chi connectivity index (χ4n) is 2.76. The molecule has 0 unspecified atom stereocenters. The predicted molar refractivity (Wildman–Crippen MR) is 102 cm³/mol. The van der Waals surface area contributed by atoms with Gasteiger partial charge in [-0.3, -0.25) is 9.98 Å². The van der Waals surface area contributed by atoms with Crippen molar-refractivity contribution < 1.29 is 17.9 Å². The van der Waals surface area contributed by atoms with Crippen LogP contribution in [0.1, 0.15) is 11.3 Å². The third-order valence-electron chi connectivity index (χ3n) is 4.05. The lowest BCUT2D eigenvalue weighted by molar-refractivity contribution is -0.274. The third-order valence-corrected chi connectivity index (χ3v) is 4.05. The Kier molecular flexibility index (Phi) is 5.98. The number of para-hydroxylation sites is 1. The largest absolute Gasteiger partial charge is 0.573 e. The molecule has 0 atom stereocenters. The molecule has 0 saturated carbocycles. The molecule has 0 saturated heterocycles. The van der Waals surface area contributed by atoms with Gasteiger partial charge in [-0.1, -0.05) is 42.5 Å². The molecule has 0 fully saturated rings. The molecule has 3 rings (SSSR count). The fourth-order valence-corrected chi connectivity index (χ4v) is 2.76. The minimum atomic E-state index is -4.74. The zero-order valence-electron chi connectivity index (χ0n) is 15.1. The lowest BCUT2D eigenvalue weighted by atomic mass is 10.1. The van der Waals surface area contributed by atoms with E-state index in [1.807, 2.05) is 30.3 Å². The number of nitrogens with zero attached hydrogens (tertiary/aromatic N) is 2. The molecule has 0 aliphatic rings. The van der Waals surface area contributed by atoms with Crippen molar-refractivity contribution >= 4 is 16.7 Å². The summed E-state index contributed by atoms with van der Waals surface area (Å²) in [5.74, 6) is 0.199. The molecule has 0 bridgehead atoms. The zero-order chi connectivity index (χ0) is 20.0. The Bertz CT molecular complexity index is 968. The van der Waals surface area contributed by atoms with Crippen molar-refractivity contribution in [1.82, 2.24) is 15.6 Å². The van der Waals surface area contributed by atoms with E-state index < -0.39 is 6.36 Å². The molecule has 2 N–H and O–H groups in total. The zero-order valence-corrected chi connectivity index (χ0v) is 15.1. The molecule has 5 nitrogen and oxygen atoms in total. The number of ether oxygens (including phenoxy) is 1. The van der Waals surface area contributed by atoms with E-state index >= 15 is 0 Å². The predicted octanol–water partition coefficient (Wildman–Crippen LogP) is 4.00. The minimum absolute atomic E-state index is 0.120. The Labute approximate surface area is 160 Å². The lowest BCUT2D eigenvalue weighted by Crippen LogP contribution is -2.36. The summed E-state index contributed by atoms with van der Waals surface area (Å²) in [6.07, 6.45) is -3.00. The number of hydrogen-bond acceptors (Lipinski definition) is 3.